The molecule has 5 heteroatoms. The molecule has 3 aromatic rings. The largest absolute Gasteiger partial charge is 0.461 e. The number of aldehydes is 1. The maximum atomic E-state index is 12.3. The first-order chi connectivity index (χ1) is 12.1. The standard InChI is InChI=1S/C20H20N2O3/c1-3-25-20(24)18-14(2)21-19-17(11-16(13-23)12-22(18)19)10-9-15-7-5-4-6-8-15/h4-8,11-13H,3,9-10H2,1-2H3. The molecule has 0 atom stereocenters. The molecular formula is C20H20N2O3. The molecule has 5 nitrogen and oxygen atoms in total. The molecule has 0 radical (unpaired) electrons. The highest BCUT2D eigenvalue weighted by molar-refractivity contribution is 5.90. The van der Waals surface area contributed by atoms with E-state index in [1.807, 2.05) is 24.3 Å². The molecule has 0 bridgehead atoms. The first-order valence-corrected chi connectivity index (χ1v) is 8.31. The molecule has 0 aliphatic carbocycles. The lowest BCUT2D eigenvalue weighted by molar-refractivity contribution is 0.0517. The van der Waals surface area contributed by atoms with E-state index >= 15 is 0 Å². The van der Waals surface area contributed by atoms with E-state index in [0.717, 1.165) is 24.7 Å². The Hall–Kier alpha value is -2.95. The van der Waals surface area contributed by atoms with Gasteiger partial charge in [-0.05, 0) is 43.9 Å². The SMILES string of the molecule is CCOC(=O)c1c(C)nc2c(CCc3ccccc3)cc(C=O)cn12. The van der Waals surface area contributed by atoms with Crippen LogP contribution in [0.2, 0.25) is 0 Å². The van der Waals surface area contributed by atoms with E-state index in [2.05, 4.69) is 17.1 Å². The molecule has 0 aliphatic heterocycles. The fraction of sp³-hybridized carbons (Fsp3) is 0.250. The van der Waals surface area contributed by atoms with E-state index < -0.39 is 5.97 Å². The van der Waals surface area contributed by atoms with Crippen LogP contribution in [0.3, 0.4) is 0 Å². The minimum absolute atomic E-state index is 0.291. The van der Waals surface area contributed by atoms with Gasteiger partial charge < -0.3 is 4.74 Å². The number of aromatic nitrogens is 2. The quantitative estimate of drug-likeness (QED) is 0.511. The summed E-state index contributed by atoms with van der Waals surface area (Å²) < 4.78 is 6.81. The van der Waals surface area contributed by atoms with Gasteiger partial charge in [0.15, 0.2) is 12.0 Å². The number of aryl methyl sites for hydroxylation is 3. The molecule has 0 amide bonds. The van der Waals surface area contributed by atoms with Gasteiger partial charge in [-0.15, -0.1) is 0 Å². The number of carbonyl (C=O) groups is 2. The molecule has 0 spiro atoms. The lowest BCUT2D eigenvalue weighted by Crippen LogP contribution is -2.10. The van der Waals surface area contributed by atoms with Gasteiger partial charge in [0, 0.05) is 11.8 Å². The van der Waals surface area contributed by atoms with Crippen LogP contribution >= 0.6 is 0 Å². The highest BCUT2D eigenvalue weighted by Gasteiger charge is 2.20. The lowest BCUT2D eigenvalue weighted by atomic mass is 10.0. The summed E-state index contributed by atoms with van der Waals surface area (Å²) in [5.41, 5.74) is 4.34. The number of ether oxygens (including phenoxy) is 1. The molecule has 0 saturated heterocycles. The fourth-order valence-corrected chi connectivity index (χ4v) is 2.97. The number of rotatable bonds is 6. The van der Waals surface area contributed by atoms with Crippen molar-refractivity contribution in [1.29, 1.82) is 0 Å². The third-order valence-corrected chi connectivity index (χ3v) is 4.12. The molecule has 0 N–H and O–H groups in total. The number of hydrogen-bond acceptors (Lipinski definition) is 4. The molecule has 3 rings (SSSR count). The van der Waals surface area contributed by atoms with Crippen LogP contribution in [0.5, 0.6) is 0 Å². The number of fused-ring (bicyclic) bond motifs is 1. The number of esters is 1. The van der Waals surface area contributed by atoms with Crippen LogP contribution in [-0.4, -0.2) is 28.2 Å². The average molecular weight is 336 g/mol. The second-order valence-corrected chi connectivity index (χ2v) is 5.86. The summed E-state index contributed by atoms with van der Waals surface area (Å²) in [6, 6.07) is 12.0. The topological polar surface area (TPSA) is 60.7 Å². The van der Waals surface area contributed by atoms with Crippen molar-refractivity contribution >= 4 is 17.9 Å². The van der Waals surface area contributed by atoms with Crippen molar-refractivity contribution in [2.75, 3.05) is 6.61 Å². The molecule has 2 heterocycles. The number of benzene rings is 1. The summed E-state index contributed by atoms with van der Waals surface area (Å²) in [6.07, 6.45) is 3.99. The van der Waals surface area contributed by atoms with E-state index in [1.165, 1.54) is 5.56 Å². The Labute approximate surface area is 146 Å². The van der Waals surface area contributed by atoms with E-state index in [1.54, 1.807) is 24.4 Å². The van der Waals surface area contributed by atoms with Gasteiger partial charge in [0.05, 0.1) is 12.3 Å². The molecule has 0 saturated carbocycles. The number of imidazole rings is 1. The maximum absolute atomic E-state index is 12.3. The number of carbonyl (C=O) groups excluding carboxylic acids is 2. The number of hydrogen-bond donors (Lipinski definition) is 0. The highest BCUT2D eigenvalue weighted by Crippen LogP contribution is 2.20. The van der Waals surface area contributed by atoms with Gasteiger partial charge in [0.1, 0.15) is 5.65 Å². The minimum atomic E-state index is -0.426. The Morgan fingerprint density at radius 1 is 1.24 bits per heavy atom. The highest BCUT2D eigenvalue weighted by atomic mass is 16.5. The monoisotopic (exact) mass is 336 g/mol. The molecule has 0 fully saturated rings. The summed E-state index contributed by atoms with van der Waals surface area (Å²) in [7, 11) is 0. The van der Waals surface area contributed by atoms with Crippen molar-refractivity contribution in [1.82, 2.24) is 9.38 Å². The summed E-state index contributed by atoms with van der Waals surface area (Å²) in [6.45, 7) is 3.83. The van der Waals surface area contributed by atoms with E-state index in [4.69, 9.17) is 4.74 Å². The van der Waals surface area contributed by atoms with Crippen LogP contribution in [0.25, 0.3) is 5.65 Å². The first kappa shape index (κ1) is 16.9. The van der Waals surface area contributed by atoms with Crippen LogP contribution < -0.4 is 0 Å². The van der Waals surface area contributed by atoms with Gasteiger partial charge in [0.2, 0.25) is 0 Å². The van der Waals surface area contributed by atoms with Crippen molar-refractivity contribution in [3.8, 4) is 0 Å². The maximum Gasteiger partial charge on any atom is 0.357 e. The van der Waals surface area contributed by atoms with Gasteiger partial charge in [0.25, 0.3) is 0 Å². The second-order valence-electron chi connectivity index (χ2n) is 5.86. The Morgan fingerprint density at radius 3 is 2.68 bits per heavy atom. The van der Waals surface area contributed by atoms with Crippen LogP contribution in [0.4, 0.5) is 0 Å². The molecule has 2 aromatic heterocycles. The average Bonchev–Trinajstić information content (AvgIpc) is 2.96. The van der Waals surface area contributed by atoms with Crippen LogP contribution in [0.15, 0.2) is 42.6 Å². The van der Waals surface area contributed by atoms with Crippen LogP contribution in [-0.2, 0) is 17.6 Å². The van der Waals surface area contributed by atoms with Crippen LogP contribution in [0, 0.1) is 6.92 Å². The van der Waals surface area contributed by atoms with Gasteiger partial charge in [-0.3, -0.25) is 9.20 Å². The Morgan fingerprint density at radius 2 is 2.00 bits per heavy atom. The predicted octanol–water partition coefficient (Wildman–Crippen LogP) is 3.42. The van der Waals surface area contributed by atoms with E-state index in [0.29, 0.717) is 29.2 Å². The molecule has 128 valence electrons. The fourth-order valence-electron chi connectivity index (χ4n) is 2.97. The normalized spacial score (nSPS) is 10.8. The minimum Gasteiger partial charge on any atom is -0.461 e. The zero-order valence-electron chi connectivity index (χ0n) is 14.4. The third-order valence-electron chi connectivity index (χ3n) is 4.12. The summed E-state index contributed by atoms with van der Waals surface area (Å²) in [5, 5.41) is 0. The van der Waals surface area contributed by atoms with Gasteiger partial charge in [-0.2, -0.15) is 0 Å². The van der Waals surface area contributed by atoms with Gasteiger partial charge >= 0.3 is 5.97 Å². The van der Waals surface area contributed by atoms with Crippen molar-refractivity contribution in [3.05, 3.63) is 70.7 Å². The summed E-state index contributed by atoms with van der Waals surface area (Å²) in [4.78, 5) is 28.2. The molecule has 25 heavy (non-hydrogen) atoms. The molecule has 0 unspecified atom stereocenters. The lowest BCUT2D eigenvalue weighted by Gasteiger charge is -2.08. The Bertz CT molecular complexity index is 914. The second kappa shape index (κ2) is 7.30. The van der Waals surface area contributed by atoms with Gasteiger partial charge in [-0.25, -0.2) is 9.78 Å². The number of pyridine rings is 1. The Balaban J connectivity index is 2.04. The molecule has 0 aliphatic rings. The van der Waals surface area contributed by atoms with Crippen molar-refractivity contribution in [3.63, 3.8) is 0 Å². The van der Waals surface area contributed by atoms with Crippen molar-refractivity contribution in [2.24, 2.45) is 0 Å². The zero-order valence-corrected chi connectivity index (χ0v) is 14.4. The predicted molar refractivity (Wildman–Crippen MR) is 95.1 cm³/mol. The van der Waals surface area contributed by atoms with E-state index in [-0.39, 0.29) is 0 Å². The summed E-state index contributed by atoms with van der Waals surface area (Å²) in [5.74, 6) is -0.426. The Kier molecular flexibility index (Phi) is 4.93. The van der Waals surface area contributed by atoms with Gasteiger partial charge in [-0.1, -0.05) is 30.3 Å². The smallest absolute Gasteiger partial charge is 0.357 e. The number of nitrogens with zero attached hydrogens (tertiary/aromatic N) is 2. The van der Waals surface area contributed by atoms with Crippen LogP contribution in [0.1, 0.15) is 44.6 Å². The molecular weight excluding hydrogens is 316 g/mol. The van der Waals surface area contributed by atoms with Crippen molar-refractivity contribution in [2.45, 2.75) is 26.7 Å². The third kappa shape index (κ3) is 3.45. The molecule has 1 aromatic carbocycles. The first-order valence-electron chi connectivity index (χ1n) is 8.31. The zero-order chi connectivity index (χ0) is 17.8. The van der Waals surface area contributed by atoms with Crippen molar-refractivity contribution < 1.29 is 14.3 Å². The summed E-state index contributed by atoms with van der Waals surface area (Å²) >= 11 is 0. The van der Waals surface area contributed by atoms with E-state index in [9.17, 15) is 9.59 Å².